The van der Waals surface area contributed by atoms with Crippen molar-refractivity contribution in [3.8, 4) is 0 Å². The fraction of sp³-hybridized carbons (Fsp3) is 0.625. The molecule has 0 aromatic carbocycles. The lowest BCUT2D eigenvalue weighted by Gasteiger charge is -2.24. The van der Waals surface area contributed by atoms with Crippen LogP contribution in [0.5, 0.6) is 0 Å². The molecule has 0 radical (unpaired) electrons. The van der Waals surface area contributed by atoms with Gasteiger partial charge in [-0.25, -0.2) is 0 Å². The first-order valence-corrected chi connectivity index (χ1v) is 6.76. The van der Waals surface area contributed by atoms with Crippen LogP contribution in [0, 0.1) is 5.92 Å². The molecule has 0 rings (SSSR count). The maximum absolute atomic E-state index is 4.15. The van der Waals surface area contributed by atoms with Crippen LogP contribution in [-0.2, 0) is 0 Å². The highest BCUT2D eigenvalue weighted by atomic mass is 14.8. The molecule has 1 atom stereocenters. The molecule has 0 aliphatic carbocycles. The zero-order valence-corrected chi connectivity index (χ0v) is 12.5. The van der Waals surface area contributed by atoms with E-state index >= 15 is 0 Å². The van der Waals surface area contributed by atoms with Gasteiger partial charge in [0.15, 0.2) is 0 Å². The third-order valence-electron chi connectivity index (χ3n) is 3.26. The molecule has 1 unspecified atom stereocenters. The lowest BCUT2D eigenvalue weighted by molar-refractivity contribution is 0.638. The highest BCUT2D eigenvalue weighted by molar-refractivity contribution is 5.39. The van der Waals surface area contributed by atoms with E-state index in [-0.39, 0.29) is 0 Å². The van der Waals surface area contributed by atoms with E-state index in [1.807, 2.05) is 7.05 Å². The van der Waals surface area contributed by atoms with Gasteiger partial charge in [-0.05, 0) is 44.3 Å². The zero-order valence-electron chi connectivity index (χ0n) is 12.5. The van der Waals surface area contributed by atoms with Crippen molar-refractivity contribution in [2.24, 2.45) is 5.92 Å². The van der Waals surface area contributed by atoms with Crippen LogP contribution in [0.2, 0.25) is 0 Å². The summed E-state index contributed by atoms with van der Waals surface area (Å²) in [5.41, 5.74) is 5.51. The van der Waals surface area contributed by atoms with Gasteiger partial charge in [-0.15, -0.1) is 0 Å². The third-order valence-corrected chi connectivity index (χ3v) is 3.26. The van der Waals surface area contributed by atoms with E-state index in [0.717, 1.165) is 25.0 Å². The number of hydrogen-bond donors (Lipinski definition) is 1. The Balaban J connectivity index is 5.43. The van der Waals surface area contributed by atoms with Crippen molar-refractivity contribution in [2.75, 3.05) is 7.05 Å². The summed E-state index contributed by atoms with van der Waals surface area (Å²) in [7, 11) is 1.96. The van der Waals surface area contributed by atoms with Crippen molar-refractivity contribution in [1.82, 2.24) is 5.32 Å². The van der Waals surface area contributed by atoms with Gasteiger partial charge in [-0.1, -0.05) is 39.0 Å². The van der Waals surface area contributed by atoms with Gasteiger partial charge in [0, 0.05) is 18.7 Å². The molecular formula is C16H29N. The normalized spacial score (nSPS) is 13.2. The van der Waals surface area contributed by atoms with Crippen molar-refractivity contribution in [1.29, 1.82) is 0 Å². The second kappa shape index (κ2) is 8.16. The summed E-state index contributed by atoms with van der Waals surface area (Å²) < 4.78 is 0. The average Bonchev–Trinajstić information content (AvgIpc) is 2.30. The predicted molar refractivity (Wildman–Crippen MR) is 79.0 cm³/mol. The van der Waals surface area contributed by atoms with Gasteiger partial charge in [0.25, 0.3) is 0 Å². The Hall–Kier alpha value is -0.980. The summed E-state index contributed by atoms with van der Waals surface area (Å²) in [6.45, 7) is 15.2. The van der Waals surface area contributed by atoms with Crippen LogP contribution in [-0.4, -0.2) is 7.05 Å². The van der Waals surface area contributed by atoms with Crippen molar-refractivity contribution in [2.45, 2.75) is 53.9 Å². The molecule has 0 fully saturated rings. The molecule has 0 saturated carbocycles. The highest BCUT2D eigenvalue weighted by Gasteiger charge is 2.18. The van der Waals surface area contributed by atoms with Gasteiger partial charge in [0.2, 0.25) is 0 Å². The third kappa shape index (κ3) is 4.41. The second-order valence-electron chi connectivity index (χ2n) is 4.64. The molecule has 0 aliphatic rings. The van der Waals surface area contributed by atoms with Crippen LogP contribution in [0.3, 0.4) is 0 Å². The molecule has 1 heteroatoms. The van der Waals surface area contributed by atoms with Crippen LogP contribution >= 0.6 is 0 Å². The maximum atomic E-state index is 4.15. The van der Waals surface area contributed by atoms with E-state index in [0.29, 0.717) is 5.92 Å². The standard InChI is InChI=1S/C16H29N/c1-8-11-16(14(9-2)12(4)5)15(10-3)13(6)17-7/h11,15,17H,6,8-10H2,1-5,7H3/b16-11+. The molecule has 0 aromatic rings. The molecule has 0 saturated heterocycles. The van der Waals surface area contributed by atoms with E-state index in [1.54, 1.807) is 0 Å². The molecule has 0 aromatic heterocycles. The molecule has 0 amide bonds. The summed E-state index contributed by atoms with van der Waals surface area (Å²) in [5, 5.41) is 3.21. The number of allylic oxidation sites excluding steroid dienone is 4. The fourth-order valence-electron chi connectivity index (χ4n) is 2.37. The van der Waals surface area contributed by atoms with Crippen molar-refractivity contribution in [3.63, 3.8) is 0 Å². The van der Waals surface area contributed by atoms with Crippen molar-refractivity contribution < 1.29 is 0 Å². The minimum absolute atomic E-state index is 0.435. The Morgan fingerprint density at radius 2 is 1.82 bits per heavy atom. The van der Waals surface area contributed by atoms with Gasteiger partial charge < -0.3 is 5.32 Å². The monoisotopic (exact) mass is 235 g/mol. The minimum atomic E-state index is 0.435. The Morgan fingerprint density at radius 3 is 2.12 bits per heavy atom. The first-order chi connectivity index (χ1) is 8.03. The highest BCUT2D eigenvalue weighted by Crippen LogP contribution is 2.31. The number of rotatable bonds is 7. The second-order valence-corrected chi connectivity index (χ2v) is 4.64. The van der Waals surface area contributed by atoms with Gasteiger partial charge in [0.05, 0.1) is 0 Å². The van der Waals surface area contributed by atoms with Crippen LogP contribution in [0.1, 0.15) is 53.9 Å². The Kier molecular flexibility index (Phi) is 7.69. The summed E-state index contributed by atoms with van der Waals surface area (Å²) >= 11 is 0. The van der Waals surface area contributed by atoms with Crippen LogP contribution in [0.4, 0.5) is 0 Å². The first kappa shape index (κ1) is 16.0. The van der Waals surface area contributed by atoms with Gasteiger partial charge in [0.1, 0.15) is 0 Å². The van der Waals surface area contributed by atoms with E-state index < -0.39 is 0 Å². The topological polar surface area (TPSA) is 12.0 Å². The van der Waals surface area contributed by atoms with E-state index in [9.17, 15) is 0 Å². The molecule has 1 nitrogen and oxygen atoms in total. The Labute approximate surface area is 108 Å². The van der Waals surface area contributed by atoms with Crippen LogP contribution in [0.25, 0.3) is 0 Å². The SMILES string of the molecule is C=C(NC)C(CC)/C(=C/CC)C(CC)=C(C)C. The van der Waals surface area contributed by atoms with E-state index in [2.05, 4.69) is 52.6 Å². The quantitative estimate of drug-likeness (QED) is 0.623. The van der Waals surface area contributed by atoms with Gasteiger partial charge >= 0.3 is 0 Å². The summed E-state index contributed by atoms with van der Waals surface area (Å²) in [6, 6.07) is 0. The molecule has 98 valence electrons. The lowest BCUT2D eigenvalue weighted by atomic mass is 9.84. The van der Waals surface area contributed by atoms with Crippen LogP contribution < -0.4 is 5.32 Å². The maximum Gasteiger partial charge on any atom is 0.0228 e. The van der Waals surface area contributed by atoms with Crippen LogP contribution in [0.15, 0.2) is 35.1 Å². The smallest absolute Gasteiger partial charge is 0.0228 e. The molecule has 0 aliphatic heterocycles. The molecule has 0 heterocycles. The van der Waals surface area contributed by atoms with Crippen molar-refractivity contribution in [3.05, 3.63) is 35.1 Å². The Bertz CT molecular complexity index is 303. The summed E-state index contributed by atoms with van der Waals surface area (Å²) in [5.74, 6) is 0.435. The Morgan fingerprint density at radius 1 is 1.24 bits per heavy atom. The first-order valence-electron chi connectivity index (χ1n) is 6.76. The number of hydrogen-bond acceptors (Lipinski definition) is 1. The fourth-order valence-corrected chi connectivity index (χ4v) is 2.37. The van der Waals surface area contributed by atoms with Gasteiger partial charge in [-0.2, -0.15) is 0 Å². The zero-order chi connectivity index (χ0) is 13.4. The lowest BCUT2D eigenvalue weighted by Crippen LogP contribution is -2.18. The predicted octanol–water partition coefficient (Wildman–Crippen LogP) is 4.83. The molecule has 0 bridgehead atoms. The van der Waals surface area contributed by atoms with Gasteiger partial charge in [-0.3, -0.25) is 0 Å². The molecule has 0 spiro atoms. The molecular weight excluding hydrogens is 206 g/mol. The molecule has 17 heavy (non-hydrogen) atoms. The summed E-state index contributed by atoms with van der Waals surface area (Å²) in [4.78, 5) is 0. The average molecular weight is 235 g/mol. The van der Waals surface area contributed by atoms with E-state index in [1.165, 1.54) is 16.7 Å². The van der Waals surface area contributed by atoms with Crippen molar-refractivity contribution >= 4 is 0 Å². The summed E-state index contributed by atoms with van der Waals surface area (Å²) in [6.07, 6.45) is 5.64. The minimum Gasteiger partial charge on any atom is -0.391 e. The van der Waals surface area contributed by atoms with E-state index in [4.69, 9.17) is 0 Å². The number of nitrogens with one attached hydrogen (secondary N) is 1. The molecule has 1 N–H and O–H groups in total. The largest absolute Gasteiger partial charge is 0.391 e.